The molecule has 2 heterocycles. The molecule has 2 aliphatic rings. The van der Waals surface area contributed by atoms with Gasteiger partial charge in [-0.15, -0.1) is 0 Å². The minimum atomic E-state index is -0.767. The van der Waals surface area contributed by atoms with Gasteiger partial charge < -0.3 is 14.8 Å². The second-order valence-corrected chi connectivity index (χ2v) is 7.37. The number of hydrogen-bond acceptors (Lipinski definition) is 9. The van der Waals surface area contributed by atoms with Gasteiger partial charge in [-0.25, -0.2) is 4.79 Å². The number of fused-ring (bicyclic) bond motifs is 1. The Bertz CT molecular complexity index is 1010. The van der Waals surface area contributed by atoms with Crippen LogP contribution in [0.3, 0.4) is 0 Å². The molecule has 1 aliphatic carbocycles. The van der Waals surface area contributed by atoms with E-state index in [1.807, 2.05) is 0 Å². The Balaban J connectivity index is 1.76. The van der Waals surface area contributed by atoms with E-state index in [0.29, 0.717) is 22.8 Å². The molecular weight excluding hydrogens is 392 g/mol. The molecule has 0 bridgehead atoms. The van der Waals surface area contributed by atoms with Gasteiger partial charge in [-0.1, -0.05) is 17.6 Å². The quantitative estimate of drug-likeness (QED) is 0.445. The van der Waals surface area contributed by atoms with E-state index in [2.05, 4.69) is 20.8 Å². The summed E-state index contributed by atoms with van der Waals surface area (Å²) in [5.74, 6) is -0.0108. The van der Waals surface area contributed by atoms with Gasteiger partial charge in [-0.3, -0.25) is 10.1 Å². The van der Waals surface area contributed by atoms with Crippen molar-refractivity contribution in [2.24, 2.45) is 0 Å². The topological polar surface area (TPSA) is 134 Å². The Hall–Kier alpha value is -3.50. The van der Waals surface area contributed by atoms with E-state index in [4.69, 9.17) is 9.47 Å². The van der Waals surface area contributed by atoms with Gasteiger partial charge in [0.1, 0.15) is 12.1 Å². The molecule has 11 heteroatoms. The number of nitrogens with one attached hydrogen (secondary N) is 1. The Morgan fingerprint density at radius 1 is 1.30 bits per heavy atom. The van der Waals surface area contributed by atoms with Gasteiger partial charge in [0.15, 0.2) is 5.75 Å². The molecule has 1 aliphatic heterocycles. The first-order chi connectivity index (χ1) is 14.5. The fourth-order valence-corrected chi connectivity index (χ4v) is 4.00. The zero-order valence-corrected chi connectivity index (χ0v) is 16.7. The summed E-state index contributed by atoms with van der Waals surface area (Å²) in [6, 6.07) is 3.77. The highest BCUT2D eigenvalue weighted by atomic mass is 16.6. The lowest BCUT2D eigenvalue weighted by Gasteiger charge is -2.29. The SMILES string of the molecule is COc1ccc(C2C(C(=O)OC3CCCCC3)=C(C)Nc3nnnn32)cc1[N+](=O)[O-]. The normalized spacial score (nSPS) is 19.1. The summed E-state index contributed by atoms with van der Waals surface area (Å²) in [5, 5.41) is 26.1. The first-order valence-corrected chi connectivity index (χ1v) is 9.78. The monoisotopic (exact) mass is 414 g/mol. The molecule has 1 saturated carbocycles. The van der Waals surface area contributed by atoms with Crippen LogP contribution in [-0.4, -0.2) is 44.3 Å². The van der Waals surface area contributed by atoms with Crippen molar-refractivity contribution in [3.63, 3.8) is 0 Å². The maximum atomic E-state index is 13.2. The highest BCUT2D eigenvalue weighted by molar-refractivity contribution is 5.92. The van der Waals surface area contributed by atoms with Crippen molar-refractivity contribution in [1.82, 2.24) is 20.2 Å². The first-order valence-electron chi connectivity index (χ1n) is 9.78. The minimum Gasteiger partial charge on any atom is -0.490 e. The molecule has 1 fully saturated rings. The minimum absolute atomic E-state index is 0.127. The summed E-state index contributed by atoms with van der Waals surface area (Å²) in [4.78, 5) is 24.2. The molecule has 1 aromatic carbocycles. The van der Waals surface area contributed by atoms with E-state index >= 15 is 0 Å². The van der Waals surface area contributed by atoms with Crippen LogP contribution in [-0.2, 0) is 9.53 Å². The number of hydrogen-bond donors (Lipinski definition) is 1. The third kappa shape index (κ3) is 3.58. The number of nitro benzene ring substituents is 1. The first kappa shape index (κ1) is 19.8. The fourth-order valence-electron chi connectivity index (χ4n) is 4.00. The van der Waals surface area contributed by atoms with Crippen molar-refractivity contribution >= 4 is 17.6 Å². The molecule has 2 aromatic rings. The van der Waals surface area contributed by atoms with Gasteiger partial charge in [-0.05, 0) is 54.7 Å². The summed E-state index contributed by atoms with van der Waals surface area (Å²) < 4.78 is 12.3. The van der Waals surface area contributed by atoms with Crippen LogP contribution < -0.4 is 10.1 Å². The highest BCUT2D eigenvalue weighted by Gasteiger charge is 2.37. The zero-order valence-electron chi connectivity index (χ0n) is 16.7. The van der Waals surface area contributed by atoms with Crippen LogP contribution in [0.1, 0.15) is 50.6 Å². The largest absolute Gasteiger partial charge is 0.490 e. The third-order valence-electron chi connectivity index (χ3n) is 5.48. The number of anilines is 1. The summed E-state index contributed by atoms with van der Waals surface area (Å²) in [5.41, 5.74) is 1.13. The molecule has 1 atom stereocenters. The van der Waals surface area contributed by atoms with Gasteiger partial charge in [-0.2, -0.15) is 4.68 Å². The van der Waals surface area contributed by atoms with Gasteiger partial charge in [0.2, 0.25) is 5.95 Å². The average Bonchev–Trinajstić information content (AvgIpc) is 3.20. The van der Waals surface area contributed by atoms with E-state index in [9.17, 15) is 14.9 Å². The molecule has 0 saturated heterocycles. The van der Waals surface area contributed by atoms with E-state index in [1.165, 1.54) is 23.9 Å². The number of carbonyl (C=O) groups excluding carboxylic acids is 1. The second kappa shape index (κ2) is 8.09. The Morgan fingerprint density at radius 3 is 2.77 bits per heavy atom. The summed E-state index contributed by atoms with van der Waals surface area (Å²) in [6.45, 7) is 1.74. The van der Waals surface area contributed by atoms with Gasteiger partial charge in [0.25, 0.3) is 0 Å². The Labute approximate surface area is 172 Å². The van der Waals surface area contributed by atoms with Crippen LogP contribution in [0, 0.1) is 10.1 Å². The molecule has 4 rings (SSSR count). The number of carbonyl (C=O) groups is 1. The molecule has 0 spiro atoms. The second-order valence-electron chi connectivity index (χ2n) is 7.37. The van der Waals surface area contributed by atoms with Crippen LogP contribution >= 0.6 is 0 Å². The van der Waals surface area contributed by atoms with Crippen molar-refractivity contribution in [3.05, 3.63) is 45.1 Å². The number of nitro groups is 1. The number of allylic oxidation sites excluding steroid dienone is 1. The maximum Gasteiger partial charge on any atom is 0.338 e. The van der Waals surface area contributed by atoms with E-state index in [0.717, 1.165) is 32.1 Å². The van der Waals surface area contributed by atoms with Crippen LogP contribution in [0.4, 0.5) is 11.6 Å². The molecule has 0 radical (unpaired) electrons. The zero-order chi connectivity index (χ0) is 21.3. The molecular formula is C19H22N6O5. The van der Waals surface area contributed by atoms with Crippen molar-refractivity contribution in [3.8, 4) is 5.75 Å². The summed E-state index contributed by atoms with van der Waals surface area (Å²) in [7, 11) is 1.36. The van der Waals surface area contributed by atoms with Crippen LogP contribution in [0.5, 0.6) is 5.75 Å². The number of tetrazole rings is 1. The lowest BCUT2D eigenvalue weighted by Crippen LogP contribution is -2.32. The number of benzene rings is 1. The maximum absolute atomic E-state index is 13.2. The predicted molar refractivity (Wildman–Crippen MR) is 105 cm³/mol. The molecule has 30 heavy (non-hydrogen) atoms. The lowest BCUT2D eigenvalue weighted by atomic mass is 9.94. The van der Waals surface area contributed by atoms with Gasteiger partial charge in [0, 0.05) is 11.8 Å². The standard InChI is InChI=1S/C19H22N6O5/c1-11-16(18(26)30-13-6-4-3-5-7-13)17(24-19(20-11)21-22-23-24)12-8-9-15(29-2)14(10-12)25(27)28/h8-10,13,17H,3-7H2,1-2H3,(H,20,21,23). The number of ether oxygens (including phenoxy) is 2. The molecule has 1 unspecified atom stereocenters. The third-order valence-corrected chi connectivity index (χ3v) is 5.48. The summed E-state index contributed by atoms with van der Waals surface area (Å²) >= 11 is 0. The van der Waals surface area contributed by atoms with E-state index in [1.54, 1.807) is 13.0 Å². The molecule has 1 aromatic heterocycles. The Kier molecular flexibility index (Phi) is 5.34. The number of aromatic nitrogens is 4. The number of nitrogens with zero attached hydrogens (tertiary/aromatic N) is 5. The van der Waals surface area contributed by atoms with E-state index < -0.39 is 16.9 Å². The van der Waals surface area contributed by atoms with Crippen molar-refractivity contribution < 1.29 is 19.2 Å². The van der Waals surface area contributed by atoms with Crippen molar-refractivity contribution in [2.75, 3.05) is 12.4 Å². The van der Waals surface area contributed by atoms with E-state index in [-0.39, 0.29) is 17.5 Å². The molecule has 1 N–H and O–H groups in total. The van der Waals surface area contributed by atoms with Crippen LogP contribution in [0.2, 0.25) is 0 Å². The summed E-state index contributed by atoms with van der Waals surface area (Å²) in [6.07, 6.45) is 4.73. The highest BCUT2D eigenvalue weighted by Crippen LogP contribution is 2.39. The number of esters is 1. The lowest BCUT2D eigenvalue weighted by molar-refractivity contribution is -0.385. The molecule has 11 nitrogen and oxygen atoms in total. The fraction of sp³-hybridized carbons (Fsp3) is 0.474. The molecule has 0 amide bonds. The van der Waals surface area contributed by atoms with Gasteiger partial charge in [0.05, 0.1) is 17.6 Å². The number of rotatable bonds is 5. The number of methoxy groups -OCH3 is 1. The van der Waals surface area contributed by atoms with Crippen LogP contribution in [0.25, 0.3) is 0 Å². The van der Waals surface area contributed by atoms with Crippen LogP contribution in [0.15, 0.2) is 29.5 Å². The van der Waals surface area contributed by atoms with Gasteiger partial charge >= 0.3 is 11.7 Å². The van der Waals surface area contributed by atoms with Crippen molar-refractivity contribution in [1.29, 1.82) is 0 Å². The predicted octanol–water partition coefficient (Wildman–Crippen LogP) is 2.75. The smallest absolute Gasteiger partial charge is 0.338 e. The average molecular weight is 414 g/mol. The molecule has 158 valence electrons. The van der Waals surface area contributed by atoms with Crippen molar-refractivity contribution in [2.45, 2.75) is 51.2 Å². The Morgan fingerprint density at radius 2 is 2.07 bits per heavy atom.